The van der Waals surface area contributed by atoms with Crippen LogP contribution in [0.25, 0.3) is 0 Å². The summed E-state index contributed by atoms with van der Waals surface area (Å²) in [4.78, 5) is 30.5. The van der Waals surface area contributed by atoms with Crippen molar-refractivity contribution in [3.05, 3.63) is 40.3 Å². The quantitative estimate of drug-likeness (QED) is 0.861. The van der Waals surface area contributed by atoms with Crippen LogP contribution in [0.15, 0.2) is 29.6 Å². The molecule has 3 rings (SSSR count). The van der Waals surface area contributed by atoms with Gasteiger partial charge in [-0.3, -0.25) is 9.59 Å². The fourth-order valence-electron chi connectivity index (χ4n) is 2.69. The third-order valence-electron chi connectivity index (χ3n) is 4.06. The van der Waals surface area contributed by atoms with Crippen LogP contribution in [-0.4, -0.2) is 29.9 Å². The lowest BCUT2D eigenvalue weighted by Gasteiger charge is -2.29. The molecule has 7 heteroatoms. The number of rotatable bonds is 6. The van der Waals surface area contributed by atoms with E-state index in [1.165, 1.54) is 0 Å². The minimum absolute atomic E-state index is 0.00759. The second-order valence-corrected chi connectivity index (χ2v) is 6.80. The fraction of sp³-hybridized carbons (Fsp3) is 0.389. The molecule has 0 saturated carbocycles. The Hall–Kier alpha value is -2.41. The number of benzene rings is 1. The summed E-state index contributed by atoms with van der Waals surface area (Å²) in [7, 11) is 0. The zero-order chi connectivity index (χ0) is 17.8. The lowest BCUT2D eigenvalue weighted by Crippen LogP contribution is -2.41. The van der Waals surface area contributed by atoms with Crippen LogP contribution < -0.4 is 15.0 Å². The molecule has 0 aliphatic carbocycles. The Labute approximate surface area is 150 Å². The second-order valence-electron chi connectivity index (χ2n) is 5.86. The van der Waals surface area contributed by atoms with Gasteiger partial charge in [0.25, 0.3) is 5.91 Å². The van der Waals surface area contributed by atoms with Crippen LogP contribution in [0.3, 0.4) is 0 Å². The number of thiazole rings is 1. The minimum Gasteiger partial charge on any atom is -0.482 e. The van der Waals surface area contributed by atoms with Crippen LogP contribution in [0.2, 0.25) is 0 Å². The molecule has 0 radical (unpaired) electrons. The van der Waals surface area contributed by atoms with Crippen molar-refractivity contribution in [2.45, 2.75) is 32.7 Å². The third kappa shape index (κ3) is 3.99. The number of fused-ring (bicyclic) bond motifs is 1. The van der Waals surface area contributed by atoms with E-state index in [0.29, 0.717) is 18.0 Å². The van der Waals surface area contributed by atoms with E-state index < -0.39 is 0 Å². The Balaban J connectivity index is 1.58. The number of amides is 2. The van der Waals surface area contributed by atoms with Crippen LogP contribution in [0.1, 0.15) is 37.0 Å². The molecule has 0 saturated heterocycles. The summed E-state index contributed by atoms with van der Waals surface area (Å²) < 4.78 is 5.41. The Kier molecular flexibility index (Phi) is 5.33. The van der Waals surface area contributed by atoms with Crippen LogP contribution in [0.5, 0.6) is 5.75 Å². The maximum atomic E-state index is 12.3. The summed E-state index contributed by atoms with van der Waals surface area (Å²) in [5, 5.41) is 5.99. The molecule has 2 amide bonds. The van der Waals surface area contributed by atoms with Gasteiger partial charge in [0.2, 0.25) is 5.91 Å². The number of anilines is 1. The highest BCUT2D eigenvalue weighted by Gasteiger charge is 2.25. The molecule has 0 spiro atoms. The predicted octanol–water partition coefficient (Wildman–Crippen LogP) is 2.70. The number of aryl methyl sites for hydroxylation is 1. The number of para-hydroxylation sites is 2. The van der Waals surface area contributed by atoms with Crippen molar-refractivity contribution in [1.29, 1.82) is 0 Å². The fourth-order valence-corrected chi connectivity index (χ4v) is 3.52. The van der Waals surface area contributed by atoms with Crippen molar-refractivity contribution < 1.29 is 14.3 Å². The van der Waals surface area contributed by atoms with Crippen LogP contribution in [0.4, 0.5) is 5.69 Å². The molecule has 0 fully saturated rings. The van der Waals surface area contributed by atoms with Gasteiger partial charge in [-0.1, -0.05) is 19.1 Å². The Morgan fingerprint density at radius 3 is 3.00 bits per heavy atom. The van der Waals surface area contributed by atoms with Crippen molar-refractivity contribution in [1.82, 2.24) is 10.3 Å². The predicted molar refractivity (Wildman–Crippen MR) is 97.0 cm³/mol. The molecule has 1 atom stereocenters. The lowest BCUT2D eigenvalue weighted by molar-refractivity contribution is -0.122. The van der Waals surface area contributed by atoms with E-state index in [0.717, 1.165) is 17.1 Å². The largest absolute Gasteiger partial charge is 0.482 e. The average Bonchev–Trinajstić information content (AvgIpc) is 3.10. The molecule has 132 valence electrons. The zero-order valence-electron chi connectivity index (χ0n) is 14.3. The number of carbonyl (C=O) groups is 2. The molecule has 1 N–H and O–H groups in total. The van der Waals surface area contributed by atoms with Crippen molar-refractivity contribution >= 4 is 28.8 Å². The second kappa shape index (κ2) is 7.65. The highest BCUT2D eigenvalue weighted by molar-refractivity contribution is 7.09. The Morgan fingerprint density at radius 1 is 1.44 bits per heavy atom. The SMILES string of the molecule is CCc1nc(C(C)NC(=O)CCN2C(=O)COc3ccccc32)cs1. The number of aromatic nitrogens is 1. The molecular formula is C18H21N3O3S. The number of nitrogens with zero attached hydrogens (tertiary/aromatic N) is 2. The molecular weight excluding hydrogens is 338 g/mol. The number of carbonyl (C=O) groups excluding carboxylic acids is 2. The van der Waals surface area contributed by atoms with Gasteiger partial charge < -0.3 is 15.0 Å². The third-order valence-corrected chi connectivity index (χ3v) is 5.08. The zero-order valence-corrected chi connectivity index (χ0v) is 15.1. The molecule has 2 heterocycles. The molecule has 2 aromatic rings. The first-order chi connectivity index (χ1) is 12.1. The summed E-state index contributed by atoms with van der Waals surface area (Å²) in [5.74, 6) is 0.437. The highest BCUT2D eigenvalue weighted by Crippen LogP contribution is 2.31. The number of hydrogen-bond acceptors (Lipinski definition) is 5. The molecule has 1 aromatic heterocycles. The average molecular weight is 359 g/mol. The monoisotopic (exact) mass is 359 g/mol. The standard InChI is InChI=1S/C18H21N3O3S/c1-3-17-20-13(11-25-17)12(2)19-16(22)8-9-21-14-6-4-5-7-15(14)24-10-18(21)23/h4-7,11-12H,3,8-10H2,1-2H3,(H,19,22). The van der Waals surface area contributed by atoms with Gasteiger partial charge in [-0.15, -0.1) is 11.3 Å². The van der Waals surface area contributed by atoms with Gasteiger partial charge in [0.15, 0.2) is 6.61 Å². The summed E-state index contributed by atoms with van der Waals surface area (Å²) in [6, 6.07) is 7.22. The van der Waals surface area contributed by atoms with E-state index in [9.17, 15) is 9.59 Å². The van der Waals surface area contributed by atoms with Gasteiger partial charge in [-0.05, 0) is 25.5 Å². The van der Waals surface area contributed by atoms with E-state index in [1.54, 1.807) is 16.2 Å². The van der Waals surface area contributed by atoms with E-state index in [-0.39, 0.29) is 30.9 Å². The summed E-state index contributed by atoms with van der Waals surface area (Å²) >= 11 is 1.60. The van der Waals surface area contributed by atoms with Crippen LogP contribution in [0, 0.1) is 0 Å². The van der Waals surface area contributed by atoms with E-state index in [1.807, 2.05) is 36.6 Å². The van der Waals surface area contributed by atoms with Crippen molar-refractivity contribution in [2.24, 2.45) is 0 Å². The van der Waals surface area contributed by atoms with E-state index >= 15 is 0 Å². The highest BCUT2D eigenvalue weighted by atomic mass is 32.1. The molecule has 6 nitrogen and oxygen atoms in total. The lowest BCUT2D eigenvalue weighted by atomic mass is 10.2. The Bertz CT molecular complexity index is 774. The maximum Gasteiger partial charge on any atom is 0.265 e. The molecule has 1 aliphatic heterocycles. The van der Waals surface area contributed by atoms with E-state index in [2.05, 4.69) is 17.2 Å². The number of nitrogens with one attached hydrogen (secondary N) is 1. The summed E-state index contributed by atoms with van der Waals surface area (Å²) in [6.07, 6.45) is 1.12. The van der Waals surface area contributed by atoms with Crippen molar-refractivity contribution in [2.75, 3.05) is 18.1 Å². The van der Waals surface area contributed by atoms with Crippen LogP contribution in [-0.2, 0) is 16.0 Å². The van der Waals surface area contributed by atoms with Crippen LogP contribution >= 0.6 is 11.3 Å². The first-order valence-electron chi connectivity index (χ1n) is 8.34. The van der Waals surface area contributed by atoms with Gasteiger partial charge in [0, 0.05) is 18.3 Å². The van der Waals surface area contributed by atoms with Gasteiger partial charge in [0.05, 0.1) is 22.4 Å². The molecule has 25 heavy (non-hydrogen) atoms. The normalized spacial score (nSPS) is 14.6. The van der Waals surface area contributed by atoms with Crippen molar-refractivity contribution in [3.63, 3.8) is 0 Å². The van der Waals surface area contributed by atoms with Crippen molar-refractivity contribution in [3.8, 4) is 5.75 Å². The molecule has 1 unspecified atom stereocenters. The number of hydrogen-bond donors (Lipinski definition) is 1. The molecule has 0 bridgehead atoms. The molecule has 1 aliphatic rings. The van der Waals surface area contributed by atoms with Gasteiger partial charge in [-0.25, -0.2) is 4.98 Å². The smallest absolute Gasteiger partial charge is 0.265 e. The first-order valence-corrected chi connectivity index (χ1v) is 9.22. The minimum atomic E-state index is -0.142. The van der Waals surface area contributed by atoms with Gasteiger partial charge >= 0.3 is 0 Å². The Morgan fingerprint density at radius 2 is 2.24 bits per heavy atom. The summed E-state index contributed by atoms with van der Waals surface area (Å²) in [6.45, 7) is 4.31. The first kappa shape index (κ1) is 17.4. The van der Waals surface area contributed by atoms with Gasteiger partial charge in [-0.2, -0.15) is 0 Å². The maximum absolute atomic E-state index is 12.3. The molecule has 1 aromatic carbocycles. The topological polar surface area (TPSA) is 71.5 Å². The summed E-state index contributed by atoms with van der Waals surface area (Å²) in [5.41, 5.74) is 1.59. The van der Waals surface area contributed by atoms with E-state index in [4.69, 9.17) is 4.74 Å². The number of ether oxygens (including phenoxy) is 1. The van der Waals surface area contributed by atoms with Gasteiger partial charge in [0.1, 0.15) is 5.75 Å².